The van der Waals surface area contributed by atoms with Crippen molar-refractivity contribution in [2.45, 2.75) is 50.8 Å². The van der Waals surface area contributed by atoms with Crippen LogP contribution < -0.4 is 5.32 Å². The highest BCUT2D eigenvalue weighted by atomic mass is 32.2. The number of carbonyl (C=O) groups is 3. The fraction of sp³-hybridized carbons (Fsp3) is 0.647. The zero-order valence-corrected chi connectivity index (χ0v) is 15.0. The number of fused-ring (bicyclic) bond motifs is 1. The summed E-state index contributed by atoms with van der Waals surface area (Å²) in [6.07, 6.45) is 6.08. The third-order valence-electron chi connectivity index (χ3n) is 4.56. The van der Waals surface area contributed by atoms with Crippen LogP contribution in [0.3, 0.4) is 0 Å². The molecule has 1 aliphatic carbocycles. The van der Waals surface area contributed by atoms with Crippen LogP contribution in [-0.2, 0) is 9.59 Å². The third-order valence-corrected chi connectivity index (χ3v) is 5.56. The van der Waals surface area contributed by atoms with Crippen molar-refractivity contribution in [2.24, 2.45) is 5.92 Å². The number of carbonyl (C=O) groups excluding carboxylic acids is 3. The summed E-state index contributed by atoms with van der Waals surface area (Å²) in [6, 6.07) is -0.159. The molecule has 24 heavy (non-hydrogen) atoms. The molecule has 0 aromatic heterocycles. The average molecular weight is 350 g/mol. The van der Waals surface area contributed by atoms with Crippen LogP contribution >= 0.6 is 11.8 Å². The second kappa shape index (κ2) is 7.09. The number of hydrogen-bond acceptors (Lipinski definition) is 4. The molecule has 0 spiro atoms. The molecule has 1 atom stereocenters. The van der Waals surface area contributed by atoms with Crippen molar-refractivity contribution in [3.05, 3.63) is 11.5 Å². The van der Waals surface area contributed by atoms with E-state index in [-0.39, 0.29) is 36.3 Å². The maximum atomic E-state index is 12.8. The van der Waals surface area contributed by atoms with Crippen LogP contribution in [0.4, 0.5) is 4.79 Å². The Morgan fingerprint density at radius 3 is 2.75 bits per heavy atom. The molecule has 7 heteroatoms. The molecule has 0 aromatic carbocycles. The van der Waals surface area contributed by atoms with Gasteiger partial charge in [0.2, 0.25) is 0 Å². The van der Waals surface area contributed by atoms with Gasteiger partial charge in [-0.15, -0.1) is 11.8 Å². The van der Waals surface area contributed by atoms with Gasteiger partial charge in [-0.1, -0.05) is 26.7 Å². The normalized spacial score (nSPS) is 24.3. The molecule has 1 saturated carbocycles. The molecule has 2 aliphatic heterocycles. The van der Waals surface area contributed by atoms with Gasteiger partial charge in [0, 0.05) is 6.04 Å². The lowest BCUT2D eigenvalue weighted by atomic mass is 10.1. The molecular formula is C17H24N3O3S+. The maximum absolute atomic E-state index is 12.8. The number of hydrogen-bond donors (Lipinski definition) is 1. The summed E-state index contributed by atoms with van der Waals surface area (Å²) in [5, 5.41) is 4.44. The Labute approximate surface area is 146 Å². The highest BCUT2D eigenvalue weighted by molar-refractivity contribution is 8.04. The lowest BCUT2D eigenvalue weighted by molar-refractivity contribution is -0.426. The first-order chi connectivity index (χ1) is 11.5. The third kappa shape index (κ3) is 3.41. The highest BCUT2D eigenvalue weighted by Crippen LogP contribution is 2.28. The number of imide groups is 1. The Morgan fingerprint density at radius 2 is 2.08 bits per heavy atom. The number of nitrogens with one attached hydrogen (secondary N) is 1. The fourth-order valence-electron chi connectivity index (χ4n) is 3.43. The lowest BCUT2D eigenvalue weighted by Crippen LogP contribution is -2.57. The van der Waals surface area contributed by atoms with Crippen molar-refractivity contribution in [3.63, 3.8) is 0 Å². The molecule has 130 valence electrons. The van der Waals surface area contributed by atoms with E-state index in [1.54, 1.807) is 6.08 Å². The van der Waals surface area contributed by atoms with Crippen molar-refractivity contribution in [2.75, 3.05) is 13.1 Å². The summed E-state index contributed by atoms with van der Waals surface area (Å²) in [5.41, 5.74) is 0.636. The van der Waals surface area contributed by atoms with Gasteiger partial charge in [0.15, 0.2) is 11.8 Å². The molecule has 1 N–H and O–H groups in total. The zero-order valence-electron chi connectivity index (χ0n) is 14.2. The predicted molar refractivity (Wildman–Crippen MR) is 93.0 cm³/mol. The topological polar surface area (TPSA) is 69.5 Å². The van der Waals surface area contributed by atoms with Gasteiger partial charge >= 0.3 is 11.9 Å². The van der Waals surface area contributed by atoms with Crippen LogP contribution in [0.1, 0.15) is 39.5 Å². The molecule has 0 radical (unpaired) electrons. The van der Waals surface area contributed by atoms with E-state index < -0.39 is 5.25 Å². The van der Waals surface area contributed by atoms with Gasteiger partial charge in [-0.05, 0) is 30.2 Å². The van der Waals surface area contributed by atoms with Gasteiger partial charge in [0.05, 0.1) is 6.54 Å². The van der Waals surface area contributed by atoms with E-state index in [4.69, 9.17) is 0 Å². The number of amides is 4. The highest BCUT2D eigenvalue weighted by Gasteiger charge is 2.49. The van der Waals surface area contributed by atoms with Crippen molar-refractivity contribution < 1.29 is 19.0 Å². The minimum absolute atomic E-state index is 0.0199. The van der Waals surface area contributed by atoms with Crippen molar-refractivity contribution >= 4 is 35.3 Å². The quantitative estimate of drug-likeness (QED) is 0.767. The second-order valence-corrected chi connectivity index (χ2v) is 8.02. The number of thioether (sulfide) groups is 1. The smallest absolute Gasteiger partial charge is 0.350 e. The molecular weight excluding hydrogens is 326 g/mol. The van der Waals surface area contributed by atoms with Crippen LogP contribution in [0.5, 0.6) is 0 Å². The molecule has 2 heterocycles. The van der Waals surface area contributed by atoms with Gasteiger partial charge in [-0.3, -0.25) is 4.79 Å². The van der Waals surface area contributed by atoms with E-state index in [0.717, 1.165) is 25.7 Å². The monoisotopic (exact) mass is 350 g/mol. The average Bonchev–Trinajstić information content (AvgIpc) is 3.19. The Morgan fingerprint density at radius 1 is 1.38 bits per heavy atom. The lowest BCUT2D eigenvalue weighted by Gasteiger charge is -2.25. The van der Waals surface area contributed by atoms with E-state index in [0.29, 0.717) is 12.3 Å². The van der Waals surface area contributed by atoms with E-state index in [2.05, 4.69) is 5.32 Å². The molecule has 0 bridgehead atoms. The summed E-state index contributed by atoms with van der Waals surface area (Å²) in [6.45, 7) is 4.30. The van der Waals surface area contributed by atoms with Crippen molar-refractivity contribution in [1.29, 1.82) is 0 Å². The van der Waals surface area contributed by atoms with Crippen molar-refractivity contribution in [1.82, 2.24) is 10.2 Å². The Hall–Kier alpha value is -1.63. The SMILES string of the molecule is CC(C)CN1C(=O)C2SC=CC2=[N+](CC(=O)NC2CCCC2)C1=O. The standard InChI is InChI=1S/C17H23N3O3S/c1-11(2)9-20-16(22)15-13(7-8-24-15)19(17(20)23)10-14(21)18-12-5-3-4-6-12/h7-8,11-12,15H,3-6,9-10H2,1-2H3/p+1. The summed E-state index contributed by atoms with van der Waals surface area (Å²) in [5.74, 6) is -0.134. The fourth-order valence-corrected chi connectivity index (χ4v) is 4.40. The zero-order chi connectivity index (χ0) is 17.3. The van der Waals surface area contributed by atoms with Crippen LogP contribution in [0.15, 0.2) is 11.5 Å². The maximum Gasteiger partial charge on any atom is 0.501 e. The van der Waals surface area contributed by atoms with Crippen LogP contribution in [0, 0.1) is 5.92 Å². The minimum atomic E-state index is -0.402. The van der Waals surface area contributed by atoms with Gasteiger partial charge in [0.1, 0.15) is 5.71 Å². The molecule has 1 fully saturated rings. The molecule has 0 saturated heterocycles. The Kier molecular flexibility index (Phi) is 5.08. The number of nitrogens with zero attached hydrogens (tertiary/aromatic N) is 2. The van der Waals surface area contributed by atoms with Crippen LogP contribution in [0.2, 0.25) is 0 Å². The number of allylic oxidation sites excluding steroid dienone is 1. The van der Waals surface area contributed by atoms with Gasteiger partial charge in [-0.25, -0.2) is 4.79 Å². The minimum Gasteiger partial charge on any atom is -0.350 e. The molecule has 0 aromatic rings. The predicted octanol–water partition coefficient (Wildman–Crippen LogP) is 1.75. The van der Waals surface area contributed by atoms with Crippen LogP contribution in [-0.4, -0.2) is 57.4 Å². The Bertz CT molecular complexity index is 621. The van der Waals surface area contributed by atoms with Gasteiger partial charge in [0.25, 0.3) is 5.91 Å². The number of urea groups is 1. The molecule has 6 nitrogen and oxygen atoms in total. The first-order valence-corrected chi connectivity index (χ1v) is 9.52. The molecule has 3 rings (SSSR count). The van der Waals surface area contributed by atoms with Gasteiger partial charge in [-0.2, -0.15) is 14.3 Å². The first-order valence-electron chi connectivity index (χ1n) is 8.58. The van der Waals surface area contributed by atoms with Gasteiger partial charge < -0.3 is 5.32 Å². The summed E-state index contributed by atoms with van der Waals surface area (Å²) < 4.78 is 1.47. The second-order valence-electron chi connectivity index (χ2n) is 7.00. The molecule has 4 amide bonds. The van der Waals surface area contributed by atoms with E-state index >= 15 is 0 Å². The molecule has 3 aliphatic rings. The first kappa shape index (κ1) is 17.2. The van der Waals surface area contributed by atoms with E-state index in [1.807, 2.05) is 19.3 Å². The number of rotatable bonds is 5. The van der Waals surface area contributed by atoms with Crippen molar-refractivity contribution in [3.8, 4) is 0 Å². The van der Waals surface area contributed by atoms with E-state index in [1.165, 1.54) is 21.2 Å². The van der Waals surface area contributed by atoms with Crippen LogP contribution in [0.25, 0.3) is 0 Å². The molecule has 1 unspecified atom stereocenters. The summed E-state index contributed by atoms with van der Waals surface area (Å²) >= 11 is 1.40. The summed E-state index contributed by atoms with van der Waals surface area (Å²) in [4.78, 5) is 39.0. The Balaban J connectivity index is 1.79. The summed E-state index contributed by atoms with van der Waals surface area (Å²) in [7, 11) is 0. The van der Waals surface area contributed by atoms with E-state index in [9.17, 15) is 14.4 Å². The largest absolute Gasteiger partial charge is 0.501 e.